The molecule has 3 N–H and O–H groups in total. The van der Waals surface area contributed by atoms with Gasteiger partial charge >= 0.3 is 0 Å². The molecule has 0 aliphatic rings. The van der Waals surface area contributed by atoms with E-state index in [1.165, 1.54) is 23.6 Å². The quantitative estimate of drug-likeness (QED) is 0.289. The summed E-state index contributed by atoms with van der Waals surface area (Å²) < 4.78 is 0. The number of carbonyl (C=O) groups is 2. The van der Waals surface area contributed by atoms with Crippen molar-refractivity contribution in [1.82, 2.24) is 10.6 Å². The van der Waals surface area contributed by atoms with Crippen LogP contribution in [0.5, 0.6) is 0 Å². The highest BCUT2D eigenvalue weighted by atomic mass is 32.2. The van der Waals surface area contributed by atoms with Gasteiger partial charge in [-0.15, -0.1) is 0 Å². The van der Waals surface area contributed by atoms with Crippen LogP contribution in [0.1, 0.15) is 67.2 Å². The van der Waals surface area contributed by atoms with E-state index in [0.717, 1.165) is 37.2 Å². The number of carbonyl (C=O) groups excluding carboxylic acids is 2. The van der Waals surface area contributed by atoms with Crippen molar-refractivity contribution in [2.24, 2.45) is 0 Å². The maximum atomic E-state index is 12.0. The number of allylic oxidation sites excluding steroid dienone is 5. The Morgan fingerprint density at radius 2 is 1.52 bits per heavy atom. The van der Waals surface area contributed by atoms with Crippen molar-refractivity contribution in [3.05, 3.63) is 34.9 Å². The maximum Gasteiger partial charge on any atom is 0.245 e. The molecule has 5 nitrogen and oxygen atoms in total. The third-order valence-electron chi connectivity index (χ3n) is 4.31. The maximum absolute atomic E-state index is 12.0. The lowest BCUT2D eigenvalue weighted by molar-refractivity contribution is -0.129. The van der Waals surface area contributed by atoms with Crippen LogP contribution >= 0.6 is 11.8 Å². The predicted molar refractivity (Wildman–Crippen MR) is 125 cm³/mol. The number of aliphatic hydroxyl groups excluding tert-OH is 1. The normalized spacial score (nSPS) is 14.2. The molecule has 0 aliphatic heterocycles. The van der Waals surface area contributed by atoms with Crippen LogP contribution in [0.3, 0.4) is 0 Å². The molecule has 0 saturated heterocycles. The highest BCUT2D eigenvalue weighted by molar-refractivity contribution is 7.99. The fraction of sp³-hybridized carbons (Fsp3) is 0.652. The SMILES string of the molecule is CC(=O)NC(CO)C(=O)NC(C)CSC/C=C(\C)CC/C=C(\C)CCC=C(C)C. The number of rotatable bonds is 14. The highest BCUT2D eigenvalue weighted by Crippen LogP contribution is 2.13. The highest BCUT2D eigenvalue weighted by Gasteiger charge is 2.19. The molecular weight excluding hydrogens is 384 g/mol. The summed E-state index contributed by atoms with van der Waals surface area (Å²) in [6.45, 7) is 11.5. The molecule has 2 atom stereocenters. The molecule has 2 unspecified atom stereocenters. The molecule has 166 valence electrons. The summed E-state index contributed by atoms with van der Waals surface area (Å²) in [5.74, 6) is 0.996. The molecule has 0 saturated carbocycles. The van der Waals surface area contributed by atoms with Gasteiger partial charge in [-0.3, -0.25) is 9.59 Å². The summed E-state index contributed by atoms with van der Waals surface area (Å²) in [5, 5.41) is 14.5. The van der Waals surface area contributed by atoms with Crippen LogP contribution in [0.2, 0.25) is 0 Å². The van der Waals surface area contributed by atoms with E-state index in [2.05, 4.69) is 56.6 Å². The van der Waals surface area contributed by atoms with E-state index in [9.17, 15) is 14.7 Å². The number of thioether (sulfide) groups is 1. The van der Waals surface area contributed by atoms with Gasteiger partial charge in [0.05, 0.1) is 6.61 Å². The summed E-state index contributed by atoms with van der Waals surface area (Å²) in [5.41, 5.74) is 4.21. The fourth-order valence-electron chi connectivity index (χ4n) is 2.61. The average molecular weight is 425 g/mol. The predicted octanol–water partition coefficient (Wildman–Crippen LogP) is 4.14. The van der Waals surface area contributed by atoms with Crippen LogP contribution in [0.25, 0.3) is 0 Å². The Morgan fingerprint density at radius 1 is 0.931 bits per heavy atom. The van der Waals surface area contributed by atoms with E-state index in [4.69, 9.17) is 0 Å². The third-order valence-corrected chi connectivity index (χ3v) is 5.44. The summed E-state index contributed by atoms with van der Waals surface area (Å²) in [7, 11) is 0. The summed E-state index contributed by atoms with van der Waals surface area (Å²) in [6.07, 6.45) is 11.3. The van der Waals surface area contributed by atoms with Crippen LogP contribution in [-0.4, -0.2) is 47.1 Å². The zero-order valence-electron chi connectivity index (χ0n) is 19.0. The van der Waals surface area contributed by atoms with Crippen molar-refractivity contribution in [2.45, 2.75) is 79.3 Å². The van der Waals surface area contributed by atoms with Crippen molar-refractivity contribution >= 4 is 23.6 Å². The van der Waals surface area contributed by atoms with Crippen LogP contribution in [0.4, 0.5) is 0 Å². The summed E-state index contributed by atoms with van der Waals surface area (Å²) in [4.78, 5) is 23.1. The van der Waals surface area contributed by atoms with Crippen LogP contribution in [-0.2, 0) is 9.59 Å². The van der Waals surface area contributed by atoms with E-state index < -0.39 is 12.6 Å². The molecule has 0 rings (SSSR count). The van der Waals surface area contributed by atoms with Gasteiger partial charge in [-0.25, -0.2) is 0 Å². The van der Waals surface area contributed by atoms with Crippen molar-refractivity contribution in [2.75, 3.05) is 18.1 Å². The molecule has 0 fully saturated rings. The molecule has 29 heavy (non-hydrogen) atoms. The molecule has 0 aromatic carbocycles. The first-order chi connectivity index (χ1) is 13.6. The van der Waals surface area contributed by atoms with Gasteiger partial charge in [0.15, 0.2) is 0 Å². The Labute approximate surface area is 181 Å². The molecule has 6 heteroatoms. The van der Waals surface area contributed by atoms with Gasteiger partial charge in [0.25, 0.3) is 0 Å². The zero-order chi connectivity index (χ0) is 22.2. The first-order valence-corrected chi connectivity index (χ1v) is 11.5. The Bertz CT molecular complexity index is 593. The Kier molecular flexibility index (Phi) is 15.4. The third kappa shape index (κ3) is 16.0. The number of aliphatic hydroxyl groups is 1. The second kappa shape index (κ2) is 16.3. The van der Waals surface area contributed by atoms with E-state index in [1.54, 1.807) is 11.8 Å². The number of nitrogens with one attached hydrogen (secondary N) is 2. The monoisotopic (exact) mass is 424 g/mol. The van der Waals surface area contributed by atoms with E-state index in [-0.39, 0.29) is 17.9 Å². The molecule has 0 aliphatic carbocycles. The van der Waals surface area contributed by atoms with Crippen molar-refractivity contribution in [3.8, 4) is 0 Å². The van der Waals surface area contributed by atoms with Gasteiger partial charge in [-0.05, 0) is 60.3 Å². The van der Waals surface area contributed by atoms with Crippen LogP contribution < -0.4 is 10.6 Å². The molecule has 0 aromatic rings. The smallest absolute Gasteiger partial charge is 0.245 e. The number of hydrogen-bond acceptors (Lipinski definition) is 4. The van der Waals surface area contributed by atoms with Crippen LogP contribution in [0.15, 0.2) is 34.9 Å². The molecule has 0 bridgehead atoms. The lowest BCUT2D eigenvalue weighted by atomic mass is 10.1. The second-order valence-electron chi connectivity index (χ2n) is 7.84. The van der Waals surface area contributed by atoms with Gasteiger partial charge in [-0.1, -0.05) is 34.9 Å². The fourth-order valence-corrected chi connectivity index (χ4v) is 3.58. The average Bonchev–Trinajstić information content (AvgIpc) is 2.62. The largest absolute Gasteiger partial charge is 0.394 e. The van der Waals surface area contributed by atoms with Crippen molar-refractivity contribution < 1.29 is 14.7 Å². The Morgan fingerprint density at radius 3 is 2.07 bits per heavy atom. The van der Waals surface area contributed by atoms with Gasteiger partial charge in [0.1, 0.15) is 6.04 Å². The molecule has 0 radical (unpaired) electrons. The van der Waals surface area contributed by atoms with Crippen molar-refractivity contribution in [1.29, 1.82) is 0 Å². The minimum absolute atomic E-state index is 0.0320. The molecule has 0 heterocycles. The van der Waals surface area contributed by atoms with Gasteiger partial charge in [0.2, 0.25) is 11.8 Å². The molecule has 2 amide bonds. The van der Waals surface area contributed by atoms with Gasteiger partial charge in [0, 0.05) is 24.5 Å². The first-order valence-electron chi connectivity index (χ1n) is 10.4. The summed E-state index contributed by atoms with van der Waals surface area (Å²) in [6, 6.07) is -0.920. The standard InChI is InChI=1S/C23H40N2O3S/c1-17(2)9-7-10-18(3)11-8-12-19(4)13-14-29-16-20(5)24-23(28)22(15-26)25-21(6)27/h9,11,13,20,22,26H,7-8,10,12,14-16H2,1-6H3,(H,24,28)(H,25,27)/b18-11+,19-13+. The summed E-state index contributed by atoms with van der Waals surface area (Å²) >= 11 is 1.76. The van der Waals surface area contributed by atoms with Gasteiger partial charge in [-0.2, -0.15) is 11.8 Å². The van der Waals surface area contributed by atoms with E-state index in [1.807, 2.05) is 6.92 Å². The molecule has 0 aromatic heterocycles. The molecule has 0 spiro atoms. The minimum Gasteiger partial charge on any atom is -0.394 e. The van der Waals surface area contributed by atoms with Crippen LogP contribution in [0, 0.1) is 0 Å². The van der Waals surface area contributed by atoms with Crippen molar-refractivity contribution in [3.63, 3.8) is 0 Å². The lowest BCUT2D eigenvalue weighted by Crippen LogP contribution is -2.50. The first kappa shape index (κ1) is 27.5. The minimum atomic E-state index is -0.888. The number of hydrogen-bond donors (Lipinski definition) is 3. The Hall–Kier alpha value is -1.53. The van der Waals surface area contributed by atoms with E-state index >= 15 is 0 Å². The lowest BCUT2D eigenvalue weighted by Gasteiger charge is -2.19. The number of amides is 2. The van der Waals surface area contributed by atoms with Gasteiger partial charge < -0.3 is 15.7 Å². The zero-order valence-corrected chi connectivity index (χ0v) is 19.8. The molecular formula is C23H40N2O3S. The topological polar surface area (TPSA) is 78.4 Å². The Balaban J connectivity index is 4.08. The second-order valence-corrected chi connectivity index (χ2v) is 8.92. The van der Waals surface area contributed by atoms with E-state index in [0.29, 0.717) is 0 Å².